The molecule has 0 radical (unpaired) electrons. The van der Waals surface area contributed by atoms with Crippen molar-refractivity contribution in [3.63, 3.8) is 0 Å². The molecule has 0 saturated carbocycles. The van der Waals surface area contributed by atoms with Crippen molar-refractivity contribution in [2.24, 2.45) is 0 Å². The second-order valence-corrected chi connectivity index (χ2v) is 6.61. The summed E-state index contributed by atoms with van der Waals surface area (Å²) in [6.07, 6.45) is 0.753. The van der Waals surface area contributed by atoms with Gasteiger partial charge in [-0.25, -0.2) is 4.98 Å². The summed E-state index contributed by atoms with van der Waals surface area (Å²) in [5.41, 5.74) is 1.55. The van der Waals surface area contributed by atoms with Crippen LogP contribution in [0.5, 0.6) is 5.75 Å². The van der Waals surface area contributed by atoms with Crippen molar-refractivity contribution in [2.75, 3.05) is 7.11 Å². The van der Waals surface area contributed by atoms with Gasteiger partial charge in [-0.2, -0.15) is 0 Å². The Morgan fingerprint density at radius 1 is 1.14 bits per heavy atom. The van der Waals surface area contributed by atoms with Gasteiger partial charge in [-0.05, 0) is 33.8 Å². The molecule has 0 amide bonds. The number of hydrogen-bond acceptors (Lipinski definition) is 5. The van der Waals surface area contributed by atoms with E-state index < -0.39 is 18.3 Å². The van der Waals surface area contributed by atoms with Gasteiger partial charge in [0.15, 0.2) is 11.5 Å². The standard InChI is InChI=1S/C16H22BNO4/c1-7-14-18-11-9-12(19-6)10(8-13(11)20-14)17-21-15(2,3)16(4,5)22-17/h8-9H,7H2,1-6H3. The molecule has 1 fully saturated rings. The van der Waals surface area contributed by atoms with E-state index in [0.29, 0.717) is 11.6 Å². The number of ether oxygens (including phenoxy) is 1. The molecular weight excluding hydrogens is 281 g/mol. The molecule has 6 heteroatoms. The number of aryl methyl sites for hydroxylation is 1. The first-order valence-electron chi connectivity index (χ1n) is 7.60. The number of oxazole rings is 1. The summed E-state index contributed by atoms with van der Waals surface area (Å²) in [6, 6.07) is 3.78. The number of benzene rings is 1. The van der Waals surface area contributed by atoms with Crippen LogP contribution in [0.25, 0.3) is 11.1 Å². The minimum atomic E-state index is -0.487. The molecular formula is C16H22BNO4. The molecule has 1 saturated heterocycles. The van der Waals surface area contributed by atoms with Crippen molar-refractivity contribution >= 4 is 23.7 Å². The number of hydrogen-bond donors (Lipinski definition) is 0. The highest BCUT2D eigenvalue weighted by atomic mass is 16.7. The molecule has 22 heavy (non-hydrogen) atoms. The summed E-state index contributed by atoms with van der Waals surface area (Å²) in [5, 5.41) is 0. The zero-order valence-corrected chi connectivity index (χ0v) is 14.0. The third-order valence-electron chi connectivity index (χ3n) is 4.59. The van der Waals surface area contributed by atoms with Crippen molar-refractivity contribution in [2.45, 2.75) is 52.2 Å². The summed E-state index contributed by atoms with van der Waals surface area (Å²) in [5.74, 6) is 1.41. The molecule has 0 aliphatic carbocycles. The number of rotatable bonds is 3. The van der Waals surface area contributed by atoms with Gasteiger partial charge in [-0.3, -0.25) is 0 Å². The number of nitrogens with zero attached hydrogens (tertiary/aromatic N) is 1. The van der Waals surface area contributed by atoms with Crippen LogP contribution in [-0.2, 0) is 15.7 Å². The van der Waals surface area contributed by atoms with E-state index in [2.05, 4.69) is 4.98 Å². The Morgan fingerprint density at radius 3 is 2.32 bits per heavy atom. The first-order chi connectivity index (χ1) is 10.3. The molecule has 2 aromatic rings. The quantitative estimate of drug-likeness (QED) is 0.816. The smallest absolute Gasteiger partial charge is 0.497 e. The zero-order chi connectivity index (χ0) is 16.1. The zero-order valence-electron chi connectivity index (χ0n) is 14.0. The Balaban J connectivity index is 2.06. The van der Waals surface area contributed by atoms with Crippen LogP contribution in [0.1, 0.15) is 40.5 Å². The molecule has 1 aliphatic heterocycles. The largest absolute Gasteiger partial charge is 0.498 e. The van der Waals surface area contributed by atoms with Crippen molar-refractivity contribution in [3.05, 3.63) is 18.0 Å². The van der Waals surface area contributed by atoms with E-state index in [0.717, 1.165) is 23.0 Å². The lowest BCUT2D eigenvalue weighted by molar-refractivity contribution is 0.00578. The molecule has 0 unspecified atom stereocenters. The Morgan fingerprint density at radius 2 is 1.77 bits per heavy atom. The number of methoxy groups -OCH3 is 1. The Kier molecular flexibility index (Phi) is 3.49. The fourth-order valence-electron chi connectivity index (χ4n) is 2.50. The highest BCUT2D eigenvalue weighted by Crippen LogP contribution is 2.37. The maximum Gasteiger partial charge on any atom is 0.498 e. The van der Waals surface area contributed by atoms with Crippen LogP contribution >= 0.6 is 0 Å². The summed E-state index contributed by atoms with van der Waals surface area (Å²) in [6.45, 7) is 10.1. The van der Waals surface area contributed by atoms with Crippen molar-refractivity contribution in [1.82, 2.24) is 4.98 Å². The van der Waals surface area contributed by atoms with E-state index in [1.165, 1.54) is 0 Å². The van der Waals surface area contributed by atoms with Crippen LogP contribution in [0, 0.1) is 0 Å². The van der Waals surface area contributed by atoms with Crippen LogP contribution in [0.3, 0.4) is 0 Å². The highest BCUT2D eigenvalue weighted by molar-refractivity contribution is 6.63. The monoisotopic (exact) mass is 303 g/mol. The summed E-state index contributed by atoms with van der Waals surface area (Å²) < 4.78 is 23.5. The molecule has 3 rings (SSSR count). The van der Waals surface area contributed by atoms with Crippen molar-refractivity contribution in [3.8, 4) is 5.75 Å². The van der Waals surface area contributed by atoms with Gasteiger partial charge in [0.05, 0.1) is 18.3 Å². The van der Waals surface area contributed by atoms with Gasteiger partial charge in [0.1, 0.15) is 11.3 Å². The molecule has 0 bridgehead atoms. The summed E-state index contributed by atoms with van der Waals surface area (Å²) >= 11 is 0. The predicted molar refractivity (Wildman–Crippen MR) is 85.7 cm³/mol. The lowest BCUT2D eigenvalue weighted by atomic mass is 9.78. The molecule has 2 heterocycles. The Labute approximate surface area is 131 Å². The lowest BCUT2D eigenvalue weighted by Gasteiger charge is -2.32. The van der Waals surface area contributed by atoms with Crippen LogP contribution in [0.2, 0.25) is 0 Å². The average molecular weight is 303 g/mol. The van der Waals surface area contributed by atoms with Gasteiger partial charge in [-0.1, -0.05) is 6.92 Å². The number of aromatic nitrogens is 1. The summed E-state index contributed by atoms with van der Waals surface area (Å²) in [7, 11) is 1.15. The number of fused-ring (bicyclic) bond motifs is 1. The molecule has 0 atom stereocenters. The van der Waals surface area contributed by atoms with Gasteiger partial charge in [0.25, 0.3) is 0 Å². The molecule has 118 valence electrons. The Hall–Kier alpha value is -1.53. The van der Waals surface area contributed by atoms with Crippen molar-refractivity contribution in [1.29, 1.82) is 0 Å². The van der Waals surface area contributed by atoms with Gasteiger partial charge < -0.3 is 18.5 Å². The van der Waals surface area contributed by atoms with Crippen LogP contribution < -0.4 is 10.2 Å². The third-order valence-corrected chi connectivity index (χ3v) is 4.59. The fourth-order valence-corrected chi connectivity index (χ4v) is 2.50. The minimum Gasteiger partial charge on any atom is -0.497 e. The van der Waals surface area contributed by atoms with E-state index in [4.69, 9.17) is 18.5 Å². The average Bonchev–Trinajstić information content (AvgIpc) is 2.94. The van der Waals surface area contributed by atoms with Gasteiger partial charge in [0, 0.05) is 17.9 Å². The minimum absolute atomic E-state index is 0.395. The normalized spacial score (nSPS) is 19.8. The molecule has 1 aromatic heterocycles. The van der Waals surface area contributed by atoms with E-state index >= 15 is 0 Å². The first kappa shape index (κ1) is 15.4. The highest BCUT2D eigenvalue weighted by Gasteiger charge is 2.52. The maximum absolute atomic E-state index is 6.11. The van der Waals surface area contributed by atoms with Crippen LogP contribution in [0.15, 0.2) is 16.5 Å². The molecule has 1 aromatic carbocycles. The second-order valence-electron chi connectivity index (χ2n) is 6.61. The first-order valence-corrected chi connectivity index (χ1v) is 7.60. The van der Waals surface area contributed by atoms with Gasteiger partial charge in [0.2, 0.25) is 0 Å². The maximum atomic E-state index is 6.11. The topological polar surface area (TPSA) is 53.7 Å². The van der Waals surface area contributed by atoms with Gasteiger partial charge >= 0.3 is 7.12 Å². The molecule has 5 nitrogen and oxygen atoms in total. The molecule has 0 spiro atoms. The second kappa shape index (κ2) is 5.00. The Bertz CT molecular complexity index is 691. The van der Waals surface area contributed by atoms with E-state index in [9.17, 15) is 0 Å². The third kappa shape index (κ3) is 2.30. The van der Waals surface area contributed by atoms with Crippen molar-refractivity contribution < 1.29 is 18.5 Å². The SMILES string of the molecule is CCc1nc2cc(OC)c(B3OC(C)(C)C(C)(C)O3)cc2o1. The molecule has 1 aliphatic rings. The fraction of sp³-hybridized carbons (Fsp3) is 0.562. The van der Waals surface area contributed by atoms with Gasteiger partial charge in [-0.15, -0.1) is 0 Å². The van der Waals surface area contributed by atoms with Crippen LogP contribution in [-0.4, -0.2) is 30.4 Å². The van der Waals surface area contributed by atoms with Crippen LogP contribution in [0.4, 0.5) is 0 Å². The predicted octanol–water partition coefficient (Wildman–Crippen LogP) is 2.70. The van der Waals surface area contributed by atoms with E-state index in [1.54, 1.807) is 7.11 Å². The lowest BCUT2D eigenvalue weighted by Crippen LogP contribution is -2.41. The van der Waals surface area contributed by atoms with E-state index in [-0.39, 0.29) is 0 Å². The molecule has 0 N–H and O–H groups in total. The summed E-state index contributed by atoms with van der Waals surface area (Å²) in [4.78, 5) is 4.44. The van der Waals surface area contributed by atoms with E-state index in [1.807, 2.05) is 46.8 Å².